The minimum atomic E-state index is -1.79. The number of ether oxygens (including phenoxy) is 4. The molecule has 0 spiro atoms. The average molecular weight is 1160 g/mol. The van der Waals surface area contributed by atoms with Crippen LogP contribution in [-0.2, 0) is 23.7 Å². The van der Waals surface area contributed by atoms with Gasteiger partial charge in [0.15, 0.2) is 12.6 Å². The van der Waals surface area contributed by atoms with E-state index >= 15 is 0 Å². The first-order valence-corrected chi connectivity index (χ1v) is 33.2. The third kappa shape index (κ3) is 37.1. The molecule has 2 saturated heterocycles. The second-order valence-electron chi connectivity index (χ2n) is 23.2. The van der Waals surface area contributed by atoms with Gasteiger partial charge in [0.05, 0.1) is 32.0 Å². The molecule has 9 N–H and O–H groups in total. The summed E-state index contributed by atoms with van der Waals surface area (Å²) in [6.45, 7) is 2.69. The summed E-state index contributed by atoms with van der Waals surface area (Å²) in [6.07, 6.45) is 53.7. The summed E-state index contributed by atoms with van der Waals surface area (Å²) in [5.74, 6) is -0.250. The Balaban J connectivity index is 1.72. The van der Waals surface area contributed by atoms with E-state index in [0.717, 1.165) is 57.8 Å². The molecule has 2 heterocycles. The Morgan fingerprint density at radius 3 is 1.34 bits per heavy atom. The smallest absolute Gasteiger partial charge is 0.220 e. The molecule has 0 aromatic rings. The van der Waals surface area contributed by atoms with E-state index in [1.54, 1.807) is 6.08 Å². The second-order valence-corrected chi connectivity index (χ2v) is 23.2. The van der Waals surface area contributed by atoms with Gasteiger partial charge < -0.3 is 65.1 Å². The fraction of sp³-hybridized carbons (Fsp3) is 0.809. The van der Waals surface area contributed by atoms with E-state index in [9.17, 15) is 45.6 Å². The van der Waals surface area contributed by atoms with Crippen LogP contribution in [0.5, 0.6) is 0 Å². The first-order chi connectivity index (χ1) is 40.1. The number of allylic oxidation sites excluding steroid dienone is 11. The molecule has 12 atom stereocenters. The van der Waals surface area contributed by atoms with Crippen LogP contribution in [0, 0.1) is 0 Å². The van der Waals surface area contributed by atoms with Gasteiger partial charge in [-0.2, -0.15) is 0 Å². The lowest BCUT2D eigenvalue weighted by molar-refractivity contribution is -0.359. The van der Waals surface area contributed by atoms with Crippen LogP contribution in [-0.4, -0.2) is 140 Å². The minimum absolute atomic E-state index is 0.250. The Morgan fingerprint density at radius 1 is 0.451 bits per heavy atom. The first kappa shape index (κ1) is 75.5. The summed E-state index contributed by atoms with van der Waals surface area (Å²) in [6, 6.07) is -0.936. The Bertz CT molecular complexity index is 1650. The van der Waals surface area contributed by atoms with Crippen molar-refractivity contribution in [3.05, 3.63) is 72.9 Å². The fourth-order valence-electron chi connectivity index (χ4n) is 10.6. The summed E-state index contributed by atoms with van der Waals surface area (Å²) >= 11 is 0. The van der Waals surface area contributed by atoms with Crippen LogP contribution < -0.4 is 5.32 Å². The largest absolute Gasteiger partial charge is 0.394 e. The lowest BCUT2D eigenvalue weighted by Crippen LogP contribution is -2.65. The molecule has 82 heavy (non-hydrogen) atoms. The highest BCUT2D eigenvalue weighted by Gasteiger charge is 2.51. The number of hydrogen-bond donors (Lipinski definition) is 9. The molecule has 2 fully saturated rings. The Morgan fingerprint density at radius 2 is 0.854 bits per heavy atom. The van der Waals surface area contributed by atoms with Crippen LogP contribution in [0.1, 0.15) is 258 Å². The van der Waals surface area contributed by atoms with Crippen molar-refractivity contribution in [3.63, 3.8) is 0 Å². The Kier molecular flexibility index (Phi) is 48.6. The van der Waals surface area contributed by atoms with Crippen LogP contribution in [0.2, 0.25) is 0 Å². The maximum Gasteiger partial charge on any atom is 0.220 e. The van der Waals surface area contributed by atoms with E-state index < -0.39 is 86.8 Å². The summed E-state index contributed by atoms with van der Waals surface area (Å²) in [7, 11) is 0. The molecule has 0 aliphatic carbocycles. The second kappa shape index (κ2) is 52.7. The molecule has 14 heteroatoms. The predicted octanol–water partition coefficient (Wildman–Crippen LogP) is 12.7. The van der Waals surface area contributed by atoms with Crippen molar-refractivity contribution in [1.82, 2.24) is 5.32 Å². The number of nitrogens with one attached hydrogen (secondary N) is 1. The molecule has 0 bridgehead atoms. The Labute approximate surface area is 498 Å². The zero-order valence-electron chi connectivity index (χ0n) is 51.5. The zero-order valence-corrected chi connectivity index (χ0v) is 51.5. The summed E-state index contributed by atoms with van der Waals surface area (Å²) < 4.78 is 22.8. The molecule has 0 aromatic heterocycles. The van der Waals surface area contributed by atoms with Crippen molar-refractivity contribution in [2.24, 2.45) is 0 Å². The van der Waals surface area contributed by atoms with Gasteiger partial charge in [-0.1, -0.05) is 254 Å². The summed E-state index contributed by atoms with van der Waals surface area (Å²) in [5, 5.41) is 87.3. The maximum absolute atomic E-state index is 13.3. The van der Waals surface area contributed by atoms with E-state index in [2.05, 4.69) is 79.9 Å². The van der Waals surface area contributed by atoms with E-state index in [1.807, 2.05) is 6.08 Å². The third-order valence-corrected chi connectivity index (χ3v) is 15.9. The molecule has 0 aromatic carbocycles. The van der Waals surface area contributed by atoms with Crippen LogP contribution in [0.4, 0.5) is 0 Å². The van der Waals surface area contributed by atoms with Gasteiger partial charge >= 0.3 is 0 Å². The Hall–Kier alpha value is -2.57. The average Bonchev–Trinajstić information content (AvgIpc) is 3.67. The van der Waals surface area contributed by atoms with Crippen molar-refractivity contribution in [1.29, 1.82) is 0 Å². The molecule has 2 rings (SSSR count). The van der Waals surface area contributed by atoms with Crippen molar-refractivity contribution in [2.75, 3.05) is 19.8 Å². The van der Waals surface area contributed by atoms with Gasteiger partial charge in [-0.15, -0.1) is 0 Å². The number of amides is 1. The number of aliphatic hydroxyl groups is 8. The normalized spacial score (nSPS) is 24.4. The molecule has 0 radical (unpaired) electrons. The van der Waals surface area contributed by atoms with Crippen molar-refractivity contribution < 1.29 is 64.6 Å². The third-order valence-electron chi connectivity index (χ3n) is 15.9. The SMILES string of the molecule is CC/C=C\C/C=C\C/C=C\C/C=C\CCCCCCCCCCCCCCCCC(=O)NC(COC1OC(CO)C(OC2OC(CO)C(O)C(O)C2O)C(O)C1O)C(O)/C=C/CC/C=C/CCCCCCCCCCCCCCCCC. The molecule has 476 valence electrons. The van der Waals surface area contributed by atoms with E-state index in [1.165, 1.54) is 167 Å². The highest BCUT2D eigenvalue weighted by atomic mass is 16.7. The standard InChI is InChI=1S/C68H121NO13/c1-3-5-7-9-11-13-15-17-19-21-23-25-26-27-28-29-30-32-34-36-38-40-42-44-46-48-50-52-60(73)69-56(57(72)51-49-47-45-43-41-39-37-35-33-31-24-22-20-18-16-14-12-10-8-6-4-2)55-79-67-65(78)63(76)66(59(54-71)81-67)82-68-64(77)62(75)61(74)58(53-70)80-68/h5,7,11,13,17,19,23,25,41,43,49,51,56-59,61-68,70-72,74-78H,3-4,6,8-10,12,14-16,18,20-22,24,26-40,42,44-48,50,52-55H2,1-2H3,(H,69,73)/b7-5-,13-11-,19-17-,25-23-,43-41+,51-49+. The number of aliphatic hydroxyl groups excluding tert-OH is 8. The van der Waals surface area contributed by atoms with Gasteiger partial charge in [-0.25, -0.2) is 0 Å². The number of carbonyl (C=O) groups is 1. The molecule has 14 nitrogen and oxygen atoms in total. The number of rotatable bonds is 53. The molecule has 1 amide bonds. The van der Waals surface area contributed by atoms with Gasteiger partial charge in [0.1, 0.15) is 48.8 Å². The van der Waals surface area contributed by atoms with Crippen molar-refractivity contribution in [2.45, 2.75) is 331 Å². The highest BCUT2D eigenvalue weighted by Crippen LogP contribution is 2.30. The number of carbonyl (C=O) groups excluding carboxylic acids is 1. The van der Waals surface area contributed by atoms with Crippen molar-refractivity contribution >= 4 is 5.91 Å². The van der Waals surface area contributed by atoms with Gasteiger partial charge in [0.25, 0.3) is 0 Å². The molecule has 2 aliphatic rings. The van der Waals surface area contributed by atoms with E-state index in [4.69, 9.17) is 18.9 Å². The first-order valence-electron chi connectivity index (χ1n) is 33.2. The van der Waals surface area contributed by atoms with Gasteiger partial charge in [0, 0.05) is 6.42 Å². The zero-order chi connectivity index (χ0) is 59.5. The van der Waals surface area contributed by atoms with E-state index in [-0.39, 0.29) is 18.9 Å². The highest BCUT2D eigenvalue weighted by molar-refractivity contribution is 5.76. The molecule has 2 aliphatic heterocycles. The minimum Gasteiger partial charge on any atom is -0.394 e. The monoisotopic (exact) mass is 1160 g/mol. The molecule has 12 unspecified atom stereocenters. The molecular weight excluding hydrogens is 1040 g/mol. The quantitative estimate of drug-likeness (QED) is 0.0204. The summed E-state index contributed by atoms with van der Waals surface area (Å²) in [4.78, 5) is 13.3. The van der Waals surface area contributed by atoms with Crippen LogP contribution in [0.3, 0.4) is 0 Å². The van der Waals surface area contributed by atoms with Crippen LogP contribution in [0.15, 0.2) is 72.9 Å². The van der Waals surface area contributed by atoms with E-state index in [0.29, 0.717) is 12.8 Å². The van der Waals surface area contributed by atoms with Crippen molar-refractivity contribution in [3.8, 4) is 0 Å². The predicted molar refractivity (Wildman–Crippen MR) is 332 cm³/mol. The topological polar surface area (TPSA) is 228 Å². The van der Waals surface area contributed by atoms with Crippen LogP contribution >= 0.6 is 0 Å². The van der Waals surface area contributed by atoms with Crippen LogP contribution in [0.25, 0.3) is 0 Å². The summed E-state index contributed by atoms with van der Waals surface area (Å²) in [5.41, 5.74) is 0. The maximum atomic E-state index is 13.3. The fourth-order valence-corrected chi connectivity index (χ4v) is 10.6. The molecular formula is C68H121NO13. The number of hydrogen-bond acceptors (Lipinski definition) is 13. The van der Waals surface area contributed by atoms with Gasteiger partial charge in [-0.05, 0) is 70.6 Å². The number of unbranched alkanes of at least 4 members (excludes halogenated alkanes) is 30. The van der Waals surface area contributed by atoms with Gasteiger partial charge in [-0.3, -0.25) is 4.79 Å². The lowest BCUT2D eigenvalue weighted by atomic mass is 9.97. The van der Waals surface area contributed by atoms with Gasteiger partial charge in [0.2, 0.25) is 5.91 Å². The lowest BCUT2D eigenvalue weighted by Gasteiger charge is -2.46. The molecule has 0 saturated carbocycles.